The molecule has 0 aliphatic carbocycles. The fourth-order valence-electron chi connectivity index (χ4n) is 2.06. The third kappa shape index (κ3) is 3.49. The van der Waals surface area contributed by atoms with E-state index in [2.05, 4.69) is 12.6 Å². The van der Waals surface area contributed by atoms with Gasteiger partial charge in [-0.1, -0.05) is 29.3 Å². The Bertz CT molecular complexity index is 581. The molecule has 120 valence electrons. The number of hydrogen-bond acceptors (Lipinski definition) is 3. The summed E-state index contributed by atoms with van der Waals surface area (Å²) >= 11 is 16.5. The van der Waals surface area contributed by atoms with E-state index in [0.29, 0.717) is 11.3 Å². The summed E-state index contributed by atoms with van der Waals surface area (Å²) in [6.45, 7) is 7.89. The van der Waals surface area contributed by atoms with Crippen molar-refractivity contribution in [2.24, 2.45) is 0 Å². The lowest BCUT2D eigenvalue weighted by Crippen LogP contribution is -2.41. The van der Waals surface area contributed by atoms with Gasteiger partial charge >= 0.3 is 7.12 Å². The van der Waals surface area contributed by atoms with Crippen molar-refractivity contribution in [2.75, 3.05) is 5.75 Å². The lowest BCUT2D eigenvalue weighted by Gasteiger charge is -2.32. The number of hydrogen-bond donors (Lipinski definition) is 1. The van der Waals surface area contributed by atoms with E-state index in [4.69, 9.17) is 32.5 Å². The standard InChI is InChI=1S/C15H18BCl2FO2S/c1-14(2)15(3,4)21-16(20-14)9(8-22)5-11-12(17)6-10(19)7-13(11)18/h5-7,22H,8H2,1-4H3. The molecule has 1 heterocycles. The molecule has 22 heavy (non-hydrogen) atoms. The lowest BCUT2D eigenvalue weighted by atomic mass is 9.78. The molecule has 0 amide bonds. The molecule has 0 N–H and O–H groups in total. The highest BCUT2D eigenvalue weighted by molar-refractivity contribution is 7.80. The van der Waals surface area contributed by atoms with Crippen molar-refractivity contribution in [2.45, 2.75) is 38.9 Å². The van der Waals surface area contributed by atoms with Crippen molar-refractivity contribution < 1.29 is 13.7 Å². The van der Waals surface area contributed by atoms with Gasteiger partial charge in [0.15, 0.2) is 0 Å². The average Bonchev–Trinajstić information content (AvgIpc) is 2.57. The Labute approximate surface area is 146 Å². The van der Waals surface area contributed by atoms with Crippen LogP contribution in [0.5, 0.6) is 0 Å². The molecule has 1 aromatic carbocycles. The molecule has 0 bridgehead atoms. The van der Waals surface area contributed by atoms with E-state index < -0.39 is 24.1 Å². The van der Waals surface area contributed by atoms with Crippen LogP contribution in [0.2, 0.25) is 10.0 Å². The first-order valence-electron chi connectivity index (χ1n) is 6.89. The normalized spacial score (nSPS) is 20.5. The molecule has 1 aliphatic heterocycles. The van der Waals surface area contributed by atoms with Crippen LogP contribution in [0.4, 0.5) is 4.39 Å². The molecule has 1 aliphatic rings. The van der Waals surface area contributed by atoms with Crippen LogP contribution in [-0.2, 0) is 9.31 Å². The highest BCUT2D eigenvalue weighted by Gasteiger charge is 2.52. The fourth-order valence-corrected chi connectivity index (χ4v) is 2.87. The second kappa shape index (κ2) is 6.37. The molecule has 0 atom stereocenters. The zero-order valence-corrected chi connectivity index (χ0v) is 15.3. The molecule has 0 spiro atoms. The van der Waals surface area contributed by atoms with Crippen LogP contribution in [0.1, 0.15) is 33.3 Å². The third-order valence-corrected chi connectivity index (χ3v) is 5.10. The van der Waals surface area contributed by atoms with Crippen molar-refractivity contribution in [1.29, 1.82) is 0 Å². The van der Waals surface area contributed by atoms with Gasteiger partial charge in [0.2, 0.25) is 0 Å². The number of rotatable bonds is 3. The SMILES string of the molecule is CC1(C)OB(C(=Cc2c(Cl)cc(F)cc2Cl)CS)OC1(C)C. The predicted molar refractivity (Wildman–Crippen MR) is 94.3 cm³/mol. The second-order valence-electron chi connectivity index (χ2n) is 6.25. The molecule has 1 aromatic rings. The first kappa shape index (κ1) is 18.1. The Morgan fingerprint density at radius 3 is 2.05 bits per heavy atom. The molecule has 0 saturated carbocycles. The van der Waals surface area contributed by atoms with Crippen LogP contribution in [0, 0.1) is 5.82 Å². The molecular weight excluding hydrogens is 345 g/mol. The molecule has 0 radical (unpaired) electrons. The molecule has 0 unspecified atom stereocenters. The minimum absolute atomic E-state index is 0.237. The maximum Gasteiger partial charge on any atom is 0.491 e. The molecule has 0 aromatic heterocycles. The number of halogens is 3. The van der Waals surface area contributed by atoms with Gasteiger partial charge in [0, 0.05) is 11.3 Å². The Morgan fingerprint density at radius 1 is 1.18 bits per heavy atom. The molecule has 1 fully saturated rings. The monoisotopic (exact) mass is 362 g/mol. The highest BCUT2D eigenvalue weighted by atomic mass is 35.5. The topological polar surface area (TPSA) is 18.5 Å². The molecule has 2 rings (SSSR count). The van der Waals surface area contributed by atoms with Crippen LogP contribution in [0.3, 0.4) is 0 Å². The molecule has 1 saturated heterocycles. The minimum Gasteiger partial charge on any atom is -0.400 e. The maximum atomic E-state index is 13.3. The van der Waals surface area contributed by atoms with Gasteiger partial charge in [0.05, 0.1) is 21.2 Å². The summed E-state index contributed by atoms with van der Waals surface area (Å²) in [5.41, 5.74) is 0.410. The van der Waals surface area contributed by atoms with Crippen LogP contribution in [0.15, 0.2) is 17.6 Å². The summed E-state index contributed by atoms with van der Waals surface area (Å²) in [5.74, 6) is -0.0730. The van der Waals surface area contributed by atoms with Crippen LogP contribution in [-0.4, -0.2) is 24.1 Å². The van der Waals surface area contributed by atoms with Crippen molar-refractivity contribution in [1.82, 2.24) is 0 Å². The van der Waals surface area contributed by atoms with Gasteiger partial charge in [0.1, 0.15) is 5.82 Å². The van der Waals surface area contributed by atoms with E-state index in [0.717, 1.165) is 5.47 Å². The van der Waals surface area contributed by atoms with E-state index in [1.165, 1.54) is 12.1 Å². The zero-order valence-electron chi connectivity index (χ0n) is 12.9. The van der Waals surface area contributed by atoms with Crippen molar-refractivity contribution in [3.05, 3.63) is 39.0 Å². The predicted octanol–water partition coefficient (Wildman–Crippen LogP) is 5.08. The summed E-state index contributed by atoms with van der Waals surface area (Å²) in [4.78, 5) is 0. The van der Waals surface area contributed by atoms with E-state index in [1.54, 1.807) is 6.08 Å². The minimum atomic E-state index is -0.542. The molecular formula is C15H18BCl2FO2S. The summed E-state index contributed by atoms with van der Waals surface area (Å²) in [6.07, 6.45) is 1.75. The summed E-state index contributed by atoms with van der Waals surface area (Å²) in [5, 5.41) is 0.474. The number of benzene rings is 1. The van der Waals surface area contributed by atoms with Crippen molar-refractivity contribution in [3.63, 3.8) is 0 Å². The van der Waals surface area contributed by atoms with Gasteiger partial charge in [0.25, 0.3) is 0 Å². The molecule has 7 heteroatoms. The first-order valence-corrected chi connectivity index (χ1v) is 8.28. The Kier molecular flexibility index (Phi) is 5.25. The lowest BCUT2D eigenvalue weighted by molar-refractivity contribution is 0.00578. The summed E-state index contributed by atoms with van der Waals surface area (Å²) < 4.78 is 25.3. The van der Waals surface area contributed by atoms with Gasteiger partial charge in [-0.3, -0.25) is 0 Å². The van der Waals surface area contributed by atoms with Crippen LogP contribution >= 0.6 is 35.8 Å². The van der Waals surface area contributed by atoms with Gasteiger partial charge in [-0.05, 0) is 45.3 Å². The summed E-state index contributed by atoms with van der Waals surface area (Å²) in [7, 11) is -0.542. The van der Waals surface area contributed by atoms with E-state index in [9.17, 15) is 4.39 Å². The Balaban J connectivity index is 2.38. The van der Waals surface area contributed by atoms with Crippen molar-refractivity contribution in [3.8, 4) is 0 Å². The van der Waals surface area contributed by atoms with E-state index >= 15 is 0 Å². The van der Waals surface area contributed by atoms with Gasteiger partial charge in [-0.15, -0.1) is 0 Å². The van der Waals surface area contributed by atoms with Crippen LogP contribution < -0.4 is 0 Å². The van der Waals surface area contributed by atoms with E-state index in [-0.39, 0.29) is 10.0 Å². The summed E-state index contributed by atoms with van der Waals surface area (Å²) in [6, 6.07) is 2.44. The van der Waals surface area contributed by atoms with Gasteiger partial charge in [-0.2, -0.15) is 12.6 Å². The molecule has 2 nitrogen and oxygen atoms in total. The second-order valence-corrected chi connectivity index (χ2v) is 7.38. The quantitative estimate of drug-likeness (QED) is 0.597. The highest BCUT2D eigenvalue weighted by Crippen LogP contribution is 2.39. The maximum absolute atomic E-state index is 13.3. The van der Waals surface area contributed by atoms with Gasteiger partial charge in [-0.25, -0.2) is 4.39 Å². The van der Waals surface area contributed by atoms with Crippen LogP contribution in [0.25, 0.3) is 6.08 Å². The van der Waals surface area contributed by atoms with Gasteiger partial charge < -0.3 is 9.31 Å². The Morgan fingerprint density at radius 2 is 1.64 bits per heavy atom. The van der Waals surface area contributed by atoms with E-state index in [1.807, 2.05) is 27.7 Å². The number of thiol groups is 1. The smallest absolute Gasteiger partial charge is 0.400 e. The zero-order chi connectivity index (χ0) is 16.7. The van der Waals surface area contributed by atoms with Crippen molar-refractivity contribution >= 4 is 49.0 Å². The third-order valence-electron chi connectivity index (χ3n) is 4.11. The fraction of sp³-hybridized carbons (Fsp3) is 0.467. The first-order chi connectivity index (χ1) is 10.1. The Hall–Kier alpha value is -0.195. The largest absolute Gasteiger partial charge is 0.491 e. The average molecular weight is 363 g/mol.